The second-order valence-corrected chi connectivity index (χ2v) is 1.17. The van der Waals surface area contributed by atoms with Gasteiger partial charge in [-0.05, 0) is 6.42 Å². The highest BCUT2D eigenvalue weighted by molar-refractivity contribution is 5.84. The predicted octanol–water partition coefficient (Wildman–Crippen LogP) is 0.762. The van der Waals surface area contributed by atoms with E-state index in [0.29, 0.717) is 0 Å². The Balaban J connectivity index is 3.26. The number of hydrogen-bond donors (Lipinski definition) is 0. The third kappa shape index (κ3) is 5.21. The molecule has 0 unspecified atom stereocenters. The number of rotatable bonds is 2. The zero-order valence-corrected chi connectivity index (χ0v) is 4.27. The summed E-state index contributed by atoms with van der Waals surface area (Å²) >= 11 is 0. The lowest BCUT2D eigenvalue weighted by atomic mass is 10.4. The third-order valence-corrected chi connectivity index (χ3v) is 0.505. The maximum atomic E-state index is 9.78. The molecule has 0 aliphatic carbocycles. The molecule has 0 fully saturated rings. The standard InChI is InChI=1S/C5H8NO/c1-2-3-4-5(6)7/h3-4,6H,2H2,1H3. The molecule has 2 nitrogen and oxygen atoms in total. The summed E-state index contributed by atoms with van der Waals surface area (Å²) in [5.41, 5.74) is 6.36. The molecular weight excluding hydrogens is 90.1 g/mol. The van der Waals surface area contributed by atoms with Crippen LogP contribution in [0.2, 0.25) is 0 Å². The van der Waals surface area contributed by atoms with Gasteiger partial charge in [0.05, 0.1) is 0 Å². The molecule has 1 amide bonds. The summed E-state index contributed by atoms with van der Waals surface area (Å²) < 4.78 is 0. The number of amides is 1. The van der Waals surface area contributed by atoms with Crippen molar-refractivity contribution in [3.63, 3.8) is 0 Å². The van der Waals surface area contributed by atoms with Crippen LogP contribution in [0.3, 0.4) is 0 Å². The van der Waals surface area contributed by atoms with Crippen LogP contribution in [0.5, 0.6) is 0 Å². The van der Waals surface area contributed by atoms with Crippen molar-refractivity contribution >= 4 is 5.91 Å². The van der Waals surface area contributed by atoms with Crippen molar-refractivity contribution in [1.82, 2.24) is 5.73 Å². The van der Waals surface area contributed by atoms with Crippen molar-refractivity contribution in [3.05, 3.63) is 12.2 Å². The fourth-order valence-electron chi connectivity index (χ4n) is 0.225. The van der Waals surface area contributed by atoms with E-state index < -0.39 is 5.91 Å². The molecule has 0 heterocycles. The van der Waals surface area contributed by atoms with Gasteiger partial charge in [-0.3, -0.25) is 10.5 Å². The first-order valence-electron chi connectivity index (χ1n) is 2.19. The van der Waals surface area contributed by atoms with E-state index in [0.717, 1.165) is 6.42 Å². The van der Waals surface area contributed by atoms with E-state index in [9.17, 15) is 4.79 Å². The van der Waals surface area contributed by atoms with Gasteiger partial charge in [0.2, 0.25) is 0 Å². The summed E-state index contributed by atoms with van der Waals surface area (Å²) in [6, 6.07) is 0. The first-order valence-corrected chi connectivity index (χ1v) is 2.19. The van der Waals surface area contributed by atoms with Gasteiger partial charge in [0.25, 0.3) is 5.91 Å². The third-order valence-electron chi connectivity index (χ3n) is 0.505. The van der Waals surface area contributed by atoms with Crippen LogP contribution in [0.4, 0.5) is 0 Å². The van der Waals surface area contributed by atoms with Crippen LogP contribution in [0.25, 0.3) is 0 Å². The molecule has 0 aromatic rings. The summed E-state index contributed by atoms with van der Waals surface area (Å²) in [4.78, 5) is 9.78. The van der Waals surface area contributed by atoms with Gasteiger partial charge in [0, 0.05) is 6.08 Å². The van der Waals surface area contributed by atoms with E-state index in [4.69, 9.17) is 5.73 Å². The number of allylic oxidation sites excluding steroid dienone is 1. The maximum Gasteiger partial charge on any atom is 0.262 e. The average molecular weight is 98.1 g/mol. The zero-order chi connectivity index (χ0) is 5.70. The minimum atomic E-state index is -0.623. The molecule has 0 atom stereocenters. The van der Waals surface area contributed by atoms with Crippen molar-refractivity contribution in [2.75, 3.05) is 0 Å². The lowest BCUT2D eigenvalue weighted by molar-refractivity contribution is -0.114. The normalized spacial score (nSPS) is 9.86. The minimum absolute atomic E-state index is 0.623. The van der Waals surface area contributed by atoms with E-state index in [1.165, 1.54) is 6.08 Å². The summed E-state index contributed by atoms with van der Waals surface area (Å²) in [5, 5.41) is 0. The molecule has 7 heavy (non-hydrogen) atoms. The lowest BCUT2D eigenvalue weighted by Gasteiger charge is -1.73. The van der Waals surface area contributed by atoms with Crippen LogP contribution in [0.1, 0.15) is 13.3 Å². The van der Waals surface area contributed by atoms with Crippen LogP contribution >= 0.6 is 0 Å². The number of carbonyl (C=O) groups is 1. The van der Waals surface area contributed by atoms with Gasteiger partial charge in [-0.2, -0.15) is 0 Å². The highest BCUT2D eigenvalue weighted by Gasteiger charge is 1.77. The van der Waals surface area contributed by atoms with Crippen LogP contribution < -0.4 is 5.73 Å². The van der Waals surface area contributed by atoms with Crippen LogP contribution in [-0.2, 0) is 4.79 Å². The Hall–Kier alpha value is -0.790. The molecule has 1 N–H and O–H groups in total. The highest BCUT2D eigenvalue weighted by Crippen LogP contribution is 1.76. The first-order chi connectivity index (χ1) is 3.27. The van der Waals surface area contributed by atoms with Crippen molar-refractivity contribution in [2.45, 2.75) is 13.3 Å². The topological polar surface area (TPSA) is 40.9 Å². The number of hydrogen-bond acceptors (Lipinski definition) is 1. The molecule has 0 aromatic carbocycles. The quantitative estimate of drug-likeness (QED) is 0.470. The summed E-state index contributed by atoms with van der Waals surface area (Å²) in [5.74, 6) is -0.623. The zero-order valence-electron chi connectivity index (χ0n) is 4.27. The van der Waals surface area contributed by atoms with Gasteiger partial charge in [-0.1, -0.05) is 13.0 Å². The largest absolute Gasteiger partial charge is 0.268 e. The van der Waals surface area contributed by atoms with E-state index in [2.05, 4.69) is 0 Å². The summed E-state index contributed by atoms with van der Waals surface area (Å²) in [7, 11) is 0. The molecule has 1 radical (unpaired) electrons. The smallest absolute Gasteiger partial charge is 0.262 e. The van der Waals surface area contributed by atoms with Gasteiger partial charge in [-0.15, -0.1) is 0 Å². The Morgan fingerprint density at radius 1 is 1.86 bits per heavy atom. The van der Waals surface area contributed by atoms with E-state index >= 15 is 0 Å². The van der Waals surface area contributed by atoms with E-state index in [1.807, 2.05) is 6.92 Å². The van der Waals surface area contributed by atoms with E-state index in [-0.39, 0.29) is 0 Å². The van der Waals surface area contributed by atoms with Gasteiger partial charge in [0.15, 0.2) is 0 Å². The Labute approximate surface area is 43.0 Å². The van der Waals surface area contributed by atoms with Crippen molar-refractivity contribution in [2.24, 2.45) is 0 Å². The SMILES string of the molecule is CCC=CC([NH])=O. The Morgan fingerprint density at radius 2 is 2.43 bits per heavy atom. The molecule has 0 aliphatic heterocycles. The molecule has 0 saturated carbocycles. The van der Waals surface area contributed by atoms with Gasteiger partial charge >= 0.3 is 0 Å². The van der Waals surface area contributed by atoms with Gasteiger partial charge in [0.1, 0.15) is 0 Å². The predicted molar refractivity (Wildman–Crippen MR) is 27.5 cm³/mol. The summed E-state index contributed by atoms with van der Waals surface area (Å²) in [6.07, 6.45) is 3.74. The van der Waals surface area contributed by atoms with Crippen molar-refractivity contribution in [3.8, 4) is 0 Å². The second-order valence-electron chi connectivity index (χ2n) is 1.17. The fraction of sp³-hybridized carbons (Fsp3) is 0.400. The Morgan fingerprint density at radius 3 is 2.57 bits per heavy atom. The second kappa shape index (κ2) is 3.40. The van der Waals surface area contributed by atoms with Gasteiger partial charge < -0.3 is 0 Å². The number of carbonyl (C=O) groups excluding carboxylic acids is 1. The van der Waals surface area contributed by atoms with Crippen LogP contribution in [0.15, 0.2) is 12.2 Å². The highest BCUT2D eigenvalue weighted by atomic mass is 16.1. The first kappa shape index (κ1) is 6.21. The monoisotopic (exact) mass is 98.1 g/mol. The Bertz CT molecular complexity index is 86.1. The molecule has 0 rings (SSSR count). The molecular formula is C5H8NO. The van der Waals surface area contributed by atoms with Gasteiger partial charge in [-0.25, -0.2) is 0 Å². The van der Waals surface area contributed by atoms with E-state index in [1.54, 1.807) is 6.08 Å². The van der Waals surface area contributed by atoms with Crippen LogP contribution in [0, 0.1) is 0 Å². The number of nitrogens with one attached hydrogen (secondary N) is 1. The van der Waals surface area contributed by atoms with Crippen molar-refractivity contribution < 1.29 is 4.79 Å². The lowest BCUT2D eigenvalue weighted by Crippen LogP contribution is -1.88. The molecule has 0 saturated heterocycles. The fourth-order valence-corrected chi connectivity index (χ4v) is 0.225. The molecule has 0 aliphatic rings. The molecule has 0 aromatic heterocycles. The Kier molecular flexibility index (Phi) is 3.02. The molecule has 39 valence electrons. The summed E-state index contributed by atoms with van der Waals surface area (Å²) in [6.45, 7) is 1.92. The minimum Gasteiger partial charge on any atom is -0.268 e. The average Bonchev–Trinajstić information content (AvgIpc) is 1.61. The maximum absolute atomic E-state index is 9.78. The van der Waals surface area contributed by atoms with Crippen molar-refractivity contribution in [1.29, 1.82) is 0 Å². The van der Waals surface area contributed by atoms with Crippen LogP contribution in [-0.4, -0.2) is 5.91 Å². The molecule has 0 bridgehead atoms. The molecule has 2 heteroatoms. The molecule has 0 spiro atoms.